The van der Waals surface area contributed by atoms with E-state index >= 15 is 0 Å². The van der Waals surface area contributed by atoms with Crippen molar-refractivity contribution in [1.29, 1.82) is 0 Å². The van der Waals surface area contributed by atoms with Crippen LogP contribution in [0.3, 0.4) is 0 Å². The quantitative estimate of drug-likeness (QED) is 0.452. The van der Waals surface area contributed by atoms with Gasteiger partial charge in [0.05, 0.1) is 0 Å². The molecular weight excluding hydrogens is 412 g/mol. The highest BCUT2D eigenvalue weighted by atomic mass is 35.5. The van der Waals surface area contributed by atoms with Crippen LogP contribution >= 0.6 is 11.6 Å². The lowest BCUT2D eigenvalue weighted by atomic mass is 9.72. The number of carbonyl (C=O) groups excluding carboxylic acids is 2. The Kier molecular flexibility index (Phi) is 8.28. The Labute approximate surface area is 189 Å². The minimum Gasteiger partial charge on any atom is -0.484 e. The van der Waals surface area contributed by atoms with Gasteiger partial charge >= 0.3 is 0 Å². The molecule has 5 nitrogen and oxygen atoms in total. The predicted octanol–water partition coefficient (Wildman–Crippen LogP) is 5.29. The Bertz CT molecular complexity index is 911. The summed E-state index contributed by atoms with van der Waals surface area (Å²) in [5.74, 6) is -0.307. The van der Waals surface area contributed by atoms with Crippen LogP contribution in [0.15, 0.2) is 54.6 Å². The molecule has 2 N–H and O–H groups in total. The van der Waals surface area contributed by atoms with Crippen LogP contribution in [-0.2, 0) is 15.0 Å². The van der Waals surface area contributed by atoms with Gasteiger partial charge in [-0.25, -0.2) is 0 Å². The average molecular weight is 443 g/mol. The minimum absolute atomic E-state index is 0.0396. The van der Waals surface area contributed by atoms with Crippen LogP contribution in [0.4, 0.5) is 0 Å². The first-order valence-electron chi connectivity index (χ1n) is 10.2. The van der Waals surface area contributed by atoms with Gasteiger partial charge in [0.25, 0.3) is 11.8 Å². The molecule has 0 aliphatic carbocycles. The molecule has 0 spiro atoms. The van der Waals surface area contributed by atoms with Crippen LogP contribution < -0.4 is 15.6 Å². The molecule has 2 aromatic rings. The second kappa shape index (κ2) is 10.5. The molecule has 0 aliphatic heterocycles. The van der Waals surface area contributed by atoms with E-state index < -0.39 is 11.8 Å². The van der Waals surface area contributed by atoms with Crippen LogP contribution in [0, 0.1) is 5.41 Å². The molecule has 2 aromatic carbocycles. The third-order valence-corrected chi connectivity index (χ3v) is 4.85. The summed E-state index contributed by atoms with van der Waals surface area (Å²) in [5, 5.41) is 0.622. The smallest absolute Gasteiger partial charge is 0.276 e. The molecule has 31 heavy (non-hydrogen) atoms. The molecule has 0 aromatic heterocycles. The summed E-state index contributed by atoms with van der Waals surface area (Å²) in [5.41, 5.74) is 6.95. The number of ether oxygens (including phenoxy) is 1. The van der Waals surface area contributed by atoms with Gasteiger partial charge in [-0.2, -0.15) is 0 Å². The maximum absolute atomic E-state index is 11.9. The number of halogens is 1. The zero-order valence-electron chi connectivity index (χ0n) is 18.8. The molecule has 166 valence electrons. The first-order chi connectivity index (χ1) is 14.4. The Morgan fingerprint density at radius 3 is 2.13 bits per heavy atom. The molecule has 2 amide bonds. The van der Waals surface area contributed by atoms with Crippen molar-refractivity contribution in [2.75, 3.05) is 6.61 Å². The van der Waals surface area contributed by atoms with Crippen molar-refractivity contribution in [2.45, 2.75) is 46.5 Å². The average Bonchev–Trinajstić information content (AvgIpc) is 2.69. The van der Waals surface area contributed by atoms with Crippen molar-refractivity contribution >= 4 is 29.5 Å². The topological polar surface area (TPSA) is 67.4 Å². The van der Waals surface area contributed by atoms with Gasteiger partial charge in [-0.15, -0.1) is 0 Å². The van der Waals surface area contributed by atoms with E-state index in [4.69, 9.17) is 16.3 Å². The molecule has 0 unspecified atom stereocenters. The summed E-state index contributed by atoms with van der Waals surface area (Å²) in [6.45, 7) is 11.0. The van der Waals surface area contributed by atoms with Crippen LogP contribution in [0.5, 0.6) is 5.75 Å². The first kappa shape index (κ1) is 24.5. The number of carbonyl (C=O) groups is 2. The maximum atomic E-state index is 11.9. The van der Waals surface area contributed by atoms with E-state index in [1.807, 2.05) is 24.3 Å². The third-order valence-electron chi connectivity index (χ3n) is 4.60. The number of hydrazine groups is 1. The number of rotatable bonds is 7. The zero-order chi connectivity index (χ0) is 23.1. The highest BCUT2D eigenvalue weighted by molar-refractivity contribution is 6.30. The Balaban J connectivity index is 1.78. The molecule has 2 rings (SSSR count). The van der Waals surface area contributed by atoms with E-state index in [2.05, 4.69) is 45.5 Å². The van der Waals surface area contributed by atoms with Gasteiger partial charge in [0.2, 0.25) is 0 Å². The van der Waals surface area contributed by atoms with Gasteiger partial charge in [0, 0.05) is 11.1 Å². The number of hydrogen-bond acceptors (Lipinski definition) is 3. The first-order valence-corrected chi connectivity index (χ1v) is 10.6. The number of benzene rings is 2. The molecule has 0 saturated heterocycles. The van der Waals surface area contributed by atoms with Gasteiger partial charge in [-0.05, 0) is 58.7 Å². The van der Waals surface area contributed by atoms with Crippen molar-refractivity contribution in [3.63, 3.8) is 0 Å². The minimum atomic E-state index is -0.453. The van der Waals surface area contributed by atoms with Crippen molar-refractivity contribution in [1.82, 2.24) is 10.9 Å². The lowest BCUT2D eigenvalue weighted by Gasteiger charge is -2.33. The van der Waals surface area contributed by atoms with Gasteiger partial charge in [0.1, 0.15) is 5.75 Å². The van der Waals surface area contributed by atoms with Crippen molar-refractivity contribution in [3.05, 3.63) is 70.8 Å². The Morgan fingerprint density at radius 2 is 1.55 bits per heavy atom. The molecule has 0 atom stereocenters. The molecular formula is C25H31ClN2O3. The molecule has 0 bridgehead atoms. The number of amides is 2. The monoisotopic (exact) mass is 442 g/mol. The Hall–Kier alpha value is -2.79. The fourth-order valence-corrected chi connectivity index (χ4v) is 3.66. The zero-order valence-corrected chi connectivity index (χ0v) is 19.5. The van der Waals surface area contributed by atoms with E-state index in [-0.39, 0.29) is 17.4 Å². The normalized spacial score (nSPS) is 11.9. The number of hydrogen-bond donors (Lipinski definition) is 2. The van der Waals surface area contributed by atoms with Crippen molar-refractivity contribution in [2.24, 2.45) is 5.41 Å². The maximum Gasteiger partial charge on any atom is 0.276 e. The van der Waals surface area contributed by atoms with Crippen LogP contribution in [-0.4, -0.2) is 18.4 Å². The standard InChI is InChI=1S/C25H31ClN2O3/c1-24(2,3)17-25(4,5)19-9-13-21(14-10-19)31-16-23(30)28-27-22(29)15-8-18-6-11-20(26)12-7-18/h6-15H,16-17H2,1-5H3,(H,27,29)(H,28,30)/b15-8+. The van der Waals surface area contributed by atoms with Crippen molar-refractivity contribution in [3.8, 4) is 5.75 Å². The fraction of sp³-hybridized carbons (Fsp3) is 0.360. The van der Waals surface area contributed by atoms with Crippen molar-refractivity contribution < 1.29 is 14.3 Å². The molecule has 0 aliphatic rings. The number of nitrogens with one attached hydrogen (secondary N) is 2. The van der Waals surface area contributed by atoms with Gasteiger partial charge < -0.3 is 4.74 Å². The highest BCUT2D eigenvalue weighted by Crippen LogP contribution is 2.36. The second-order valence-corrected chi connectivity index (χ2v) is 9.79. The molecule has 0 fully saturated rings. The predicted molar refractivity (Wildman–Crippen MR) is 126 cm³/mol. The van der Waals surface area contributed by atoms with Gasteiger partial charge in [0.15, 0.2) is 6.61 Å². The SMILES string of the molecule is CC(C)(C)CC(C)(C)c1ccc(OCC(=O)NNC(=O)/C=C/c2ccc(Cl)cc2)cc1. The van der Waals surface area contributed by atoms with Gasteiger partial charge in [-0.3, -0.25) is 20.4 Å². The third kappa shape index (κ3) is 8.85. The van der Waals surface area contributed by atoms with E-state index in [9.17, 15) is 9.59 Å². The van der Waals surface area contributed by atoms with Gasteiger partial charge in [-0.1, -0.05) is 70.5 Å². The summed E-state index contributed by atoms with van der Waals surface area (Å²) < 4.78 is 5.52. The summed E-state index contributed by atoms with van der Waals surface area (Å²) in [6, 6.07) is 14.8. The van der Waals surface area contributed by atoms with E-state index in [0.717, 1.165) is 12.0 Å². The molecule has 0 radical (unpaired) electrons. The summed E-state index contributed by atoms with van der Waals surface area (Å²) >= 11 is 5.82. The van der Waals surface area contributed by atoms with Crippen LogP contribution in [0.1, 0.15) is 52.2 Å². The fourth-order valence-electron chi connectivity index (χ4n) is 3.53. The summed E-state index contributed by atoms with van der Waals surface area (Å²) in [4.78, 5) is 23.7. The molecule has 0 saturated carbocycles. The lowest BCUT2D eigenvalue weighted by molar-refractivity contribution is -0.128. The Morgan fingerprint density at radius 1 is 0.935 bits per heavy atom. The molecule has 6 heteroatoms. The largest absolute Gasteiger partial charge is 0.484 e. The van der Waals surface area contributed by atoms with Crippen LogP contribution in [0.2, 0.25) is 5.02 Å². The van der Waals surface area contributed by atoms with E-state index in [1.165, 1.54) is 11.6 Å². The summed E-state index contributed by atoms with van der Waals surface area (Å²) in [6.07, 6.45) is 3.99. The van der Waals surface area contributed by atoms with E-state index in [0.29, 0.717) is 10.8 Å². The summed E-state index contributed by atoms with van der Waals surface area (Å²) in [7, 11) is 0. The lowest BCUT2D eigenvalue weighted by Crippen LogP contribution is -2.43. The molecule has 0 heterocycles. The van der Waals surface area contributed by atoms with Crippen LogP contribution in [0.25, 0.3) is 6.08 Å². The highest BCUT2D eigenvalue weighted by Gasteiger charge is 2.27. The van der Waals surface area contributed by atoms with E-state index in [1.54, 1.807) is 30.3 Å². The second-order valence-electron chi connectivity index (χ2n) is 9.36.